The van der Waals surface area contributed by atoms with E-state index in [4.69, 9.17) is 26.1 Å². The number of nitrogens with zero attached hydrogens (tertiary/aromatic N) is 3. The van der Waals surface area contributed by atoms with Gasteiger partial charge in [0, 0.05) is 49.3 Å². The summed E-state index contributed by atoms with van der Waals surface area (Å²) in [6.07, 6.45) is 8.89. The summed E-state index contributed by atoms with van der Waals surface area (Å²) in [6, 6.07) is 10.9. The van der Waals surface area contributed by atoms with Gasteiger partial charge in [-0.2, -0.15) is 5.26 Å². The zero-order valence-corrected chi connectivity index (χ0v) is 23.8. The first kappa shape index (κ1) is 29.3. The number of aromatic nitrogens is 2. The number of carbonyl (C=O) groups is 1. The fourth-order valence-electron chi connectivity index (χ4n) is 5.58. The van der Waals surface area contributed by atoms with Crippen LogP contribution in [0.1, 0.15) is 64.5 Å². The molecule has 2 fully saturated rings. The molecule has 2 aliphatic rings. The number of carbonyl (C=O) groups excluding carboxylic acids is 1. The summed E-state index contributed by atoms with van der Waals surface area (Å²) in [7, 11) is 0. The van der Waals surface area contributed by atoms with E-state index in [-0.39, 0.29) is 12.0 Å². The van der Waals surface area contributed by atoms with Crippen molar-refractivity contribution >= 4 is 23.4 Å². The van der Waals surface area contributed by atoms with E-state index in [1.165, 1.54) is 0 Å². The molecule has 9 heteroatoms. The Morgan fingerprint density at radius 3 is 2.77 bits per heavy atom. The minimum atomic E-state index is -0.426. The fourth-order valence-corrected chi connectivity index (χ4v) is 5.78. The summed E-state index contributed by atoms with van der Waals surface area (Å²) in [6.45, 7) is 6.08. The molecular weight excluding hydrogens is 514 g/mol. The first-order valence-corrected chi connectivity index (χ1v) is 14.5. The summed E-state index contributed by atoms with van der Waals surface area (Å²) in [5, 5.41) is 17.3. The van der Waals surface area contributed by atoms with Crippen molar-refractivity contribution in [1.29, 1.82) is 5.26 Å². The van der Waals surface area contributed by atoms with Crippen molar-refractivity contribution in [3.05, 3.63) is 41.2 Å². The van der Waals surface area contributed by atoms with Gasteiger partial charge in [0.25, 0.3) is 0 Å². The summed E-state index contributed by atoms with van der Waals surface area (Å²) in [5.41, 5.74) is 2.25. The summed E-state index contributed by atoms with van der Waals surface area (Å²) < 4.78 is 10.5. The molecular formula is C30H40ClN5O3. The lowest BCUT2D eigenvalue weighted by atomic mass is 9.82. The van der Waals surface area contributed by atoms with E-state index in [2.05, 4.69) is 27.8 Å². The lowest BCUT2D eigenvalue weighted by molar-refractivity contribution is -0.143. The predicted octanol–water partition coefficient (Wildman–Crippen LogP) is 5.56. The van der Waals surface area contributed by atoms with Gasteiger partial charge in [0.1, 0.15) is 5.82 Å². The van der Waals surface area contributed by atoms with Crippen molar-refractivity contribution < 1.29 is 14.3 Å². The molecule has 0 spiro atoms. The van der Waals surface area contributed by atoms with Crippen molar-refractivity contribution in [3.63, 3.8) is 0 Å². The van der Waals surface area contributed by atoms with Gasteiger partial charge in [0.15, 0.2) is 0 Å². The van der Waals surface area contributed by atoms with E-state index >= 15 is 0 Å². The second kappa shape index (κ2) is 14.1. The van der Waals surface area contributed by atoms with Gasteiger partial charge in [-0.25, -0.2) is 4.98 Å². The van der Waals surface area contributed by atoms with E-state index < -0.39 is 5.41 Å². The Balaban J connectivity index is 1.33. The van der Waals surface area contributed by atoms with Crippen molar-refractivity contribution in [1.82, 2.24) is 15.3 Å². The molecule has 8 nitrogen and oxygen atoms in total. The second-order valence-corrected chi connectivity index (χ2v) is 11.3. The molecule has 4 rings (SSSR count). The van der Waals surface area contributed by atoms with Crippen LogP contribution in [0.15, 0.2) is 30.5 Å². The Morgan fingerprint density at radius 2 is 2.05 bits per heavy atom. The molecule has 1 unspecified atom stereocenters. The molecule has 0 amide bonds. The average molecular weight is 554 g/mol. The number of halogens is 1. The van der Waals surface area contributed by atoms with E-state index in [0.29, 0.717) is 49.8 Å². The maximum atomic E-state index is 11.7. The molecule has 2 aromatic rings. The fraction of sp³-hybridized carbons (Fsp3) is 0.600. The van der Waals surface area contributed by atoms with Crippen LogP contribution in [0, 0.1) is 22.7 Å². The quantitative estimate of drug-likeness (QED) is 0.348. The minimum absolute atomic E-state index is 0.117. The Labute approximate surface area is 236 Å². The summed E-state index contributed by atoms with van der Waals surface area (Å²) in [4.78, 5) is 21.2. The van der Waals surface area contributed by atoms with Crippen molar-refractivity contribution in [2.45, 2.75) is 77.3 Å². The molecule has 39 heavy (non-hydrogen) atoms. The maximum Gasteiger partial charge on any atom is 0.307 e. The molecule has 1 aliphatic heterocycles. The molecule has 1 atom stereocenters. The average Bonchev–Trinajstić information content (AvgIpc) is 2.95. The van der Waals surface area contributed by atoms with E-state index in [0.717, 1.165) is 67.7 Å². The number of hydrogen-bond donors (Lipinski definition) is 2. The summed E-state index contributed by atoms with van der Waals surface area (Å²) in [5.74, 6) is 1.15. The van der Waals surface area contributed by atoms with Gasteiger partial charge in [-0.3, -0.25) is 9.78 Å². The van der Waals surface area contributed by atoms with Crippen LogP contribution in [-0.2, 0) is 20.7 Å². The zero-order chi connectivity index (χ0) is 27.7. The molecule has 1 aliphatic carbocycles. The molecule has 3 heterocycles. The molecule has 0 aromatic carbocycles. The van der Waals surface area contributed by atoms with Gasteiger partial charge in [-0.05, 0) is 82.9 Å². The number of esters is 1. The minimum Gasteiger partial charge on any atom is -0.466 e. The Kier molecular flexibility index (Phi) is 10.6. The highest BCUT2D eigenvalue weighted by Crippen LogP contribution is 2.33. The number of rotatable bonds is 11. The van der Waals surface area contributed by atoms with Gasteiger partial charge >= 0.3 is 5.97 Å². The van der Waals surface area contributed by atoms with Crippen molar-refractivity contribution in [3.8, 4) is 17.3 Å². The number of nitrogens with one attached hydrogen (secondary N) is 2. The lowest BCUT2D eigenvalue weighted by Crippen LogP contribution is -2.40. The third-order valence-electron chi connectivity index (χ3n) is 7.87. The molecule has 0 radical (unpaired) electrons. The third kappa shape index (κ3) is 8.38. The van der Waals surface area contributed by atoms with Gasteiger partial charge in [-0.15, -0.1) is 0 Å². The van der Waals surface area contributed by atoms with Crippen LogP contribution in [0.25, 0.3) is 11.3 Å². The Bertz CT molecular complexity index is 1140. The van der Waals surface area contributed by atoms with Crippen LogP contribution in [0.5, 0.6) is 0 Å². The van der Waals surface area contributed by atoms with Crippen LogP contribution in [0.4, 0.5) is 5.82 Å². The highest BCUT2D eigenvalue weighted by atomic mass is 35.5. The van der Waals surface area contributed by atoms with Gasteiger partial charge in [0.2, 0.25) is 0 Å². The van der Waals surface area contributed by atoms with Crippen molar-refractivity contribution in [2.24, 2.45) is 11.3 Å². The van der Waals surface area contributed by atoms with Gasteiger partial charge in [-0.1, -0.05) is 17.7 Å². The SMILES string of the molecule is CCOC(=O)CC(C)NC1CCC(Cc2cc(-c3cccc(NCC4(C#N)CCOCC4)n3)c(Cl)cn2)CC1. The molecule has 2 aromatic heterocycles. The molecule has 1 saturated heterocycles. The van der Waals surface area contributed by atoms with Gasteiger partial charge in [0.05, 0.1) is 35.2 Å². The van der Waals surface area contributed by atoms with Crippen LogP contribution in [0.2, 0.25) is 5.02 Å². The van der Waals surface area contributed by atoms with E-state index in [1.54, 1.807) is 6.20 Å². The number of hydrogen-bond acceptors (Lipinski definition) is 8. The number of ether oxygens (including phenoxy) is 2. The largest absolute Gasteiger partial charge is 0.466 e. The number of nitriles is 1. The third-order valence-corrected chi connectivity index (χ3v) is 8.18. The van der Waals surface area contributed by atoms with Crippen molar-refractivity contribution in [2.75, 3.05) is 31.7 Å². The van der Waals surface area contributed by atoms with Crippen LogP contribution >= 0.6 is 11.6 Å². The maximum absolute atomic E-state index is 11.7. The Hall–Kier alpha value is -2.73. The Morgan fingerprint density at radius 1 is 1.28 bits per heavy atom. The van der Waals surface area contributed by atoms with Gasteiger partial charge < -0.3 is 20.1 Å². The van der Waals surface area contributed by atoms with Crippen LogP contribution in [0.3, 0.4) is 0 Å². The highest BCUT2D eigenvalue weighted by molar-refractivity contribution is 6.33. The number of anilines is 1. The van der Waals surface area contributed by atoms with E-state index in [1.807, 2.05) is 32.0 Å². The molecule has 210 valence electrons. The van der Waals surface area contributed by atoms with Crippen LogP contribution in [-0.4, -0.2) is 54.4 Å². The highest BCUT2D eigenvalue weighted by Gasteiger charge is 2.32. The monoisotopic (exact) mass is 553 g/mol. The smallest absolute Gasteiger partial charge is 0.307 e. The van der Waals surface area contributed by atoms with Crippen LogP contribution < -0.4 is 10.6 Å². The molecule has 0 bridgehead atoms. The van der Waals surface area contributed by atoms with E-state index in [9.17, 15) is 10.1 Å². The zero-order valence-electron chi connectivity index (χ0n) is 23.0. The molecule has 1 saturated carbocycles. The first-order chi connectivity index (χ1) is 18.9. The normalized spacial score (nSPS) is 21.5. The second-order valence-electron chi connectivity index (χ2n) is 10.9. The molecule has 2 N–H and O–H groups in total. The first-order valence-electron chi connectivity index (χ1n) is 14.2. The summed E-state index contributed by atoms with van der Waals surface area (Å²) >= 11 is 6.57. The number of pyridine rings is 2. The lowest BCUT2D eigenvalue weighted by Gasteiger charge is -2.31. The predicted molar refractivity (Wildman–Crippen MR) is 152 cm³/mol. The standard InChI is InChI=1S/C30H40ClN5O3/c1-3-39-29(37)15-21(2)35-23-9-7-22(8-10-23)16-24-17-25(26(31)18-33-24)27-5-4-6-28(36-27)34-20-30(19-32)11-13-38-14-12-30/h4-6,17-18,21-23,35H,3,7-16,20H2,1-2H3,(H,34,36). The topological polar surface area (TPSA) is 109 Å².